The molecule has 0 radical (unpaired) electrons. The minimum absolute atomic E-state index is 0.224. The van der Waals surface area contributed by atoms with Gasteiger partial charge in [-0.2, -0.15) is 0 Å². The van der Waals surface area contributed by atoms with Crippen molar-refractivity contribution in [1.29, 1.82) is 0 Å². The molecule has 1 aliphatic rings. The molecule has 2 heterocycles. The Labute approximate surface area is 103 Å². The van der Waals surface area contributed by atoms with Gasteiger partial charge in [0.05, 0.1) is 0 Å². The molecule has 1 fully saturated rings. The van der Waals surface area contributed by atoms with E-state index in [1.165, 1.54) is 23.2 Å². The number of amides is 1. The topological polar surface area (TPSA) is 70.5 Å². The van der Waals surface area contributed by atoms with Crippen molar-refractivity contribution < 1.29 is 14.7 Å². The van der Waals surface area contributed by atoms with Crippen LogP contribution in [0.5, 0.6) is 0 Å². The van der Waals surface area contributed by atoms with E-state index < -0.39 is 12.0 Å². The maximum atomic E-state index is 12.1. The van der Waals surface area contributed by atoms with Crippen molar-refractivity contribution in [2.75, 3.05) is 6.54 Å². The Morgan fingerprint density at radius 1 is 1.53 bits per heavy atom. The second-order valence-corrected chi connectivity index (χ2v) is 4.25. The molecule has 0 spiro atoms. The molecule has 0 aliphatic carbocycles. The van der Waals surface area contributed by atoms with Gasteiger partial charge in [-0.25, -0.2) is 9.78 Å². The van der Waals surface area contributed by atoms with Crippen molar-refractivity contribution in [3.63, 3.8) is 0 Å². The molecule has 2 rings (SSSR count). The van der Waals surface area contributed by atoms with E-state index in [-0.39, 0.29) is 11.1 Å². The van der Waals surface area contributed by atoms with Crippen molar-refractivity contribution in [3.8, 4) is 0 Å². The van der Waals surface area contributed by atoms with Crippen molar-refractivity contribution in [2.45, 2.75) is 18.9 Å². The van der Waals surface area contributed by atoms with E-state index in [4.69, 9.17) is 16.7 Å². The lowest BCUT2D eigenvalue weighted by atomic mass is 10.2. The number of nitrogens with zero attached hydrogens (tertiary/aromatic N) is 2. The van der Waals surface area contributed by atoms with Gasteiger partial charge in [0.15, 0.2) is 0 Å². The standard InChI is InChI=1S/C11H11ClN2O3/c12-9-6-7(3-4-13-9)10(15)14-5-1-2-8(14)11(16)17/h3-4,6,8H,1-2,5H2,(H,16,17)/t8-/m0/s1. The fourth-order valence-electron chi connectivity index (χ4n) is 1.97. The SMILES string of the molecule is O=C(O)[C@@H]1CCCN1C(=O)c1ccnc(Cl)c1. The van der Waals surface area contributed by atoms with Crippen LogP contribution in [0.25, 0.3) is 0 Å². The van der Waals surface area contributed by atoms with E-state index in [0.29, 0.717) is 24.9 Å². The molecule has 17 heavy (non-hydrogen) atoms. The Hall–Kier alpha value is -1.62. The summed E-state index contributed by atoms with van der Waals surface area (Å²) in [6.45, 7) is 0.468. The normalized spacial score (nSPS) is 19.4. The highest BCUT2D eigenvalue weighted by atomic mass is 35.5. The lowest BCUT2D eigenvalue weighted by Crippen LogP contribution is -2.40. The van der Waals surface area contributed by atoms with Gasteiger partial charge < -0.3 is 10.0 Å². The molecule has 90 valence electrons. The van der Waals surface area contributed by atoms with Crippen LogP contribution in [-0.4, -0.2) is 39.5 Å². The largest absolute Gasteiger partial charge is 0.480 e. The smallest absolute Gasteiger partial charge is 0.326 e. The average Bonchev–Trinajstić information content (AvgIpc) is 2.77. The summed E-state index contributed by atoms with van der Waals surface area (Å²) in [7, 11) is 0. The molecule has 1 amide bonds. The number of halogens is 1. The zero-order chi connectivity index (χ0) is 12.4. The van der Waals surface area contributed by atoms with Crippen LogP contribution in [0.1, 0.15) is 23.2 Å². The fraction of sp³-hybridized carbons (Fsp3) is 0.364. The van der Waals surface area contributed by atoms with E-state index in [1.54, 1.807) is 0 Å². The van der Waals surface area contributed by atoms with Crippen LogP contribution in [0, 0.1) is 0 Å². The number of rotatable bonds is 2. The van der Waals surface area contributed by atoms with Gasteiger partial charge in [-0.1, -0.05) is 11.6 Å². The van der Waals surface area contributed by atoms with Gasteiger partial charge in [0.25, 0.3) is 5.91 Å². The number of pyridine rings is 1. The molecule has 1 aromatic rings. The predicted molar refractivity (Wildman–Crippen MR) is 60.9 cm³/mol. The number of aliphatic carboxylic acids is 1. The monoisotopic (exact) mass is 254 g/mol. The number of carboxylic acid groups (broad SMARTS) is 1. The Morgan fingerprint density at radius 3 is 2.94 bits per heavy atom. The maximum absolute atomic E-state index is 12.1. The van der Waals surface area contributed by atoms with Crippen molar-refractivity contribution in [2.24, 2.45) is 0 Å². The summed E-state index contributed by atoms with van der Waals surface area (Å²) in [4.78, 5) is 28.2. The minimum Gasteiger partial charge on any atom is -0.480 e. The third-order valence-corrected chi connectivity index (χ3v) is 2.98. The molecule has 5 nitrogen and oxygen atoms in total. The molecule has 0 aromatic carbocycles. The molecule has 0 unspecified atom stereocenters. The predicted octanol–water partition coefficient (Wildman–Crippen LogP) is 1.42. The van der Waals surface area contributed by atoms with Crippen LogP contribution in [0.15, 0.2) is 18.3 Å². The van der Waals surface area contributed by atoms with Gasteiger partial charge in [-0.3, -0.25) is 4.79 Å². The molecular weight excluding hydrogens is 244 g/mol. The summed E-state index contributed by atoms with van der Waals surface area (Å²) in [5.74, 6) is -1.27. The van der Waals surface area contributed by atoms with Gasteiger partial charge in [0.2, 0.25) is 0 Å². The van der Waals surface area contributed by atoms with Gasteiger partial charge in [-0.05, 0) is 25.0 Å². The molecule has 1 aromatic heterocycles. The van der Waals surface area contributed by atoms with E-state index in [1.807, 2.05) is 0 Å². The van der Waals surface area contributed by atoms with Crippen LogP contribution >= 0.6 is 11.6 Å². The second-order valence-electron chi connectivity index (χ2n) is 3.86. The second kappa shape index (κ2) is 4.71. The van der Waals surface area contributed by atoms with Crippen LogP contribution in [-0.2, 0) is 4.79 Å². The summed E-state index contributed by atoms with van der Waals surface area (Å²) in [5.41, 5.74) is 0.373. The Balaban J connectivity index is 2.23. The number of carbonyl (C=O) groups excluding carboxylic acids is 1. The van der Waals surface area contributed by atoms with Gasteiger partial charge in [-0.15, -0.1) is 0 Å². The summed E-state index contributed by atoms with van der Waals surface area (Å²) in [6, 6.07) is 2.25. The number of likely N-dealkylation sites (tertiary alicyclic amines) is 1. The Kier molecular flexibility index (Phi) is 3.28. The van der Waals surface area contributed by atoms with Crippen LogP contribution in [0.4, 0.5) is 0 Å². The number of hydrogen-bond acceptors (Lipinski definition) is 3. The summed E-state index contributed by atoms with van der Waals surface area (Å²) >= 11 is 5.70. The highest BCUT2D eigenvalue weighted by Crippen LogP contribution is 2.20. The van der Waals surface area contributed by atoms with Gasteiger partial charge in [0.1, 0.15) is 11.2 Å². The third-order valence-electron chi connectivity index (χ3n) is 2.77. The first-order valence-electron chi connectivity index (χ1n) is 5.25. The van der Waals surface area contributed by atoms with Crippen molar-refractivity contribution >= 4 is 23.5 Å². The quantitative estimate of drug-likeness (QED) is 0.811. The molecule has 1 N–H and O–H groups in total. The zero-order valence-electron chi connectivity index (χ0n) is 8.97. The lowest BCUT2D eigenvalue weighted by molar-refractivity contribution is -0.141. The lowest BCUT2D eigenvalue weighted by Gasteiger charge is -2.21. The number of carbonyl (C=O) groups is 2. The van der Waals surface area contributed by atoms with Crippen LogP contribution < -0.4 is 0 Å². The highest BCUT2D eigenvalue weighted by Gasteiger charge is 2.34. The summed E-state index contributed by atoms with van der Waals surface area (Å²) < 4.78 is 0. The summed E-state index contributed by atoms with van der Waals surface area (Å²) in [6.07, 6.45) is 2.64. The van der Waals surface area contributed by atoms with E-state index in [9.17, 15) is 9.59 Å². The van der Waals surface area contributed by atoms with E-state index in [0.717, 1.165) is 0 Å². The number of carboxylic acids is 1. The third kappa shape index (κ3) is 2.39. The molecule has 0 bridgehead atoms. The Bertz CT molecular complexity index is 464. The van der Waals surface area contributed by atoms with Gasteiger partial charge >= 0.3 is 5.97 Å². The van der Waals surface area contributed by atoms with Crippen LogP contribution in [0.3, 0.4) is 0 Å². The minimum atomic E-state index is -0.962. The first kappa shape index (κ1) is 11.9. The Morgan fingerprint density at radius 2 is 2.29 bits per heavy atom. The van der Waals surface area contributed by atoms with Gasteiger partial charge in [0, 0.05) is 18.3 Å². The average molecular weight is 255 g/mol. The maximum Gasteiger partial charge on any atom is 0.326 e. The fourth-order valence-corrected chi connectivity index (χ4v) is 2.14. The molecular formula is C11H11ClN2O3. The molecule has 1 saturated heterocycles. The number of aromatic nitrogens is 1. The first-order valence-corrected chi connectivity index (χ1v) is 5.62. The van der Waals surface area contributed by atoms with Crippen LogP contribution in [0.2, 0.25) is 5.15 Å². The summed E-state index contributed by atoms with van der Waals surface area (Å²) in [5, 5.41) is 9.23. The number of hydrogen-bond donors (Lipinski definition) is 1. The van der Waals surface area contributed by atoms with E-state index >= 15 is 0 Å². The molecule has 1 aliphatic heterocycles. The van der Waals surface area contributed by atoms with Crippen molar-refractivity contribution in [3.05, 3.63) is 29.0 Å². The van der Waals surface area contributed by atoms with Crippen molar-refractivity contribution in [1.82, 2.24) is 9.88 Å². The molecule has 0 saturated carbocycles. The first-order chi connectivity index (χ1) is 8.09. The molecule has 1 atom stereocenters. The zero-order valence-corrected chi connectivity index (χ0v) is 9.72. The molecule has 6 heteroatoms. The van der Waals surface area contributed by atoms with E-state index in [2.05, 4.69) is 4.98 Å². The highest BCUT2D eigenvalue weighted by molar-refractivity contribution is 6.29.